The Morgan fingerprint density at radius 3 is 2.72 bits per heavy atom. The molecule has 1 aliphatic rings. The highest BCUT2D eigenvalue weighted by Gasteiger charge is 2.34. The van der Waals surface area contributed by atoms with Crippen LogP contribution in [0.25, 0.3) is 22.1 Å². The van der Waals surface area contributed by atoms with Crippen molar-refractivity contribution in [3.63, 3.8) is 0 Å². The lowest BCUT2D eigenvalue weighted by atomic mass is 9.81. The summed E-state index contributed by atoms with van der Waals surface area (Å²) < 4.78 is 42.9. The number of imidazole rings is 1. The lowest BCUT2D eigenvalue weighted by Gasteiger charge is -2.34. The largest absolute Gasteiger partial charge is 0.447 e. The van der Waals surface area contributed by atoms with Crippen molar-refractivity contribution in [2.45, 2.75) is 63.9 Å². The molecule has 1 unspecified atom stereocenters. The van der Waals surface area contributed by atoms with Crippen LogP contribution in [0.15, 0.2) is 18.5 Å². The van der Waals surface area contributed by atoms with Crippen LogP contribution < -0.4 is 10.6 Å². The number of nitrogens with one attached hydrogen (secondary N) is 4. The van der Waals surface area contributed by atoms with Gasteiger partial charge in [-0.1, -0.05) is 0 Å². The number of pyridine rings is 1. The number of ether oxygens (including phenoxy) is 1. The van der Waals surface area contributed by atoms with E-state index in [4.69, 9.17) is 9.72 Å². The average molecular weight is 452 g/mol. The Hall–Kier alpha value is -2.82. The van der Waals surface area contributed by atoms with Gasteiger partial charge in [0.15, 0.2) is 0 Å². The highest BCUT2D eigenvalue weighted by Crippen LogP contribution is 2.35. The Morgan fingerprint density at radius 1 is 1.28 bits per heavy atom. The van der Waals surface area contributed by atoms with E-state index in [1.165, 1.54) is 0 Å². The number of nitrogens with zero attached hydrogens (tertiary/aromatic N) is 2. The predicted octanol–water partition coefficient (Wildman–Crippen LogP) is 4.33. The maximum Gasteiger partial charge on any atom is 0.407 e. The molecule has 0 radical (unpaired) electrons. The first-order valence-corrected chi connectivity index (χ1v) is 10.8. The minimum atomic E-state index is -4.23. The zero-order valence-corrected chi connectivity index (χ0v) is 17.9. The monoisotopic (exact) mass is 452 g/mol. The zero-order valence-electron chi connectivity index (χ0n) is 17.9. The van der Waals surface area contributed by atoms with Crippen LogP contribution in [0.3, 0.4) is 0 Å². The summed E-state index contributed by atoms with van der Waals surface area (Å²) in [5.41, 5.74) is 2.21. The van der Waals surface area contributed by atoms with Crippen LogP contribution in [0.5, 0.6) is 0 Å². The van der Waals surface area contributed by atoms with E-state index in [2.05, 4.69) is 25.6 Å². The molecule has 0 spiro atoms. The molecular weight excluding hydrogens is 425 g/mol. The van der Waals surface area contributed by atoms with Gasteiger partial charge in [0.1, 0.15) is 17.0 Å². The number of hydrogen-bond acceptors (Lipinski definition) is 5. The van der Waals surface area contributed by atoms with Crippen LogP contribution in [0.1, 0.15) is 51.4 Å². The second-order valence-corrected chi connectivity index (χ2v) is 8.57. The SMILES string of the molecule is CC(C)OC(=O)NC(c1nc2c(cnc3[nH]ccc32)[nH]1)C1CCC(NCC(F)(F)F)CC1. The number of alkyl halides is 3. The molecule has 174 valence electrons. The van der Waals surface area contributed by atoms with Gasteiger partial charge in [-0.25, -0.2) is 14.8 Å². The van der Waals surface area contributed by atoms with E-state index in [0.717, 1.165) is 22.1 Å². The molecule has 8 nitrogen and oxygen atoms in total. The lowest BCUT2D eigenvalue weighted by molar-refractivity contribution is -0.126. The summed E-state index contributed by atoms with van der Waals surface area (Å²) in [5, 5.41) is 6.39. The van der Waals surface area contributed by atoms with Crippen molar-refractivity contribution in [1.29, 1.82) is 0 Å². The Balaban J connectivity index is 1.54. The highest BCUT2D eigenvalue weighted by molar-refractivity contribution is 6.00. The van der Waals surface area contributed by atoms with E-state index in [9.17, 15) is 18.0 Å². The molecular formula is C21H27F3N6O2. The van der Waals surface area contributed by atoms with Gasteiger partial charge < -0.3 is 25.3 Å². The minimum absolute atomic E-state index is 0.00823. The molecule has 1 amide bonds. The third-order valence-electron chi connectivity index (χ3n) is 5.80. The number of aromatic amines is 2. The molecule has 3 aromatic rings. The molecule has 3 heterocycles. The molecule has 0 aromatic carbocycles. The number of rotatable bonds is 6. The maximum atomic E-state index is 12.5. The summed E-state index contributed by atoms with van der Waals surface area (Å²) in [6.07, 6.45) is 0.888. The quantitative estimate of drug-likeness (QED) is 0.445. The molecule has 11 heteroatoms. The first-order valence-electron chi connectivity index (χ1n) is 10.8. The Labute approximate surface area is 182 Å². The first kappa shape index (κ1) is 22.4. The van der Waals surface area contributed by atoms with Crippen molar-refractivity contribution < 1.29 is 22.7 Å². The van der Waals surface area contributed by atoms with Gasteiger partial charge in [-0.3, -0.25) is 0 Å². The van der Waals surface area contributed by atoms with E-state index < -0.39 is 24.9 Å². The molecule has 4 rings (SSSR count). The average Bonchev–Trinajstić information content (AvgIpc) is 3.36. The van der Waals surface area contributed by atoms with Gasteiger partial charge in [0.05, 0.1) is 30.4 Å². The molecule has 4 N–H and O–H groups in total. The van der Waals surface area contributed by atoms with Crippen LogP contribution in [0.2, 0.25) is 0 Å². The summed E-state index contributed by atoms with van der Waals surface area (Å²) >= 11 is 0. The number of hydrogen-bond donors (Lipinski definition) is 4. The van der Waals surface area contributed by atoms with E-state index in [1.54, 1.807) is 26.2 Å². The molecule has 32 heavy (non-hydrogen) atoms. The van der Waals surface area contributed by atoms with Crippen molar-refractivity contribution in [2.24, 2.45) is 5.92 Å². The molecule has 1 atom stereocenters. The highest BCUT2D eigenvalue weighted by atomic mass is 19.4. The molecule has 0 bridgehead atoms. The predicted molar refractivity (Wildman–Crippen MR) is 113 cm³/mol. The summed E-state index contributed by atoms with van der Waals surface area (Å²) in [6.45, 7) is 2.54. The third-order valence-corrected chi connectivity index (χ3v) is 5.80. The number of alkyl carbamates (subject to hydrolysis) is 1. The van der Waals surface area contributed by atoms with E-state index in [1.807, 2.05) is 6.07 Å². The third kappa shape index (κ3) is 5.14. The molecule has 0 saturated heterocycles. The number of halogens is 3. The van der Waals surface area contributed by atoms with Gasteiger partial charge >= 0.3 is 12.3 Å². The Kier molecular flexibility index (Phi) is 6.27. The maximum absolute atomic E-state index is 12.5. The van der Waals surface area contributed by atoms with Crippen molar-refractivity contribution in [3.05, 3.63) is 24.3 Å². The number of H-pyrrole nitrogens is 2. The van der Waals surface area contributed by atoms with E-state index in [0.29, 0.717) is 31.5 Å². The fourth-order valence-electron chi connectivity index (χ4n) is 4.34. The van der Waals surface area contributed by atoms with Crippen LogP contribution in [-0.4, -0.2) is 50.9 Å². The zero-order chi connectivity index (χ0) is 22.9. The van der Waals surface area contributed by atoms with Crippen molar-refractivity contribution >= 4 is 28.2 Å². The molecule has 1 saturated carbocycles. The summed E-state index contributed by atoms with van der Waals surface area (Å²) in [6, 6.07) is 1.24. The van der Waals surface area contributed by atoms with Gasteiger partial charge in [0.2, 0.25) is 0 Å². The summed E-state index contributed by atoms with van der Waals surface area (Å²) in [7, 11) is 0. The van der Waals surface area contributed by atoms with Crippen LogP contribution in [0, 0.1) is 5.92 Å². The molecule has 1 fully saturated rings. The van der Waals surface area contributed by atoms with Gasteiger partial charge in [-0.05, 0) is 51.5 Å². The van der Waals surface area contributed by atoms with Crippen molar-refractivity contribution in [2.75, 3.05) is 6.54 Å². The Bertz CT molecular complexity index is 1070. The second kappa shape index (κ2) is 8.97. The summed E-state index contributed by atoms with van der Waals surface area (Å²) in [5.74, 6) is 0.594. The molecule has 3 aromatic heterocycles. The minimum Gasteiger partial charge on any atom is -0.447 e. The van der Waals surface area contributed by atoms with Crippen LogP contribution in [-0.2, 0) is 4.74 Å². The van der Waals surface area contributed by atoms with Gasteiger partial charge in [0.25, 0.3) is 0 Å². The van der Waals surface area contributed by atoms with E-state index >= 15 is 0 Å². The molecule has 0 aliphatic heterocycles. The first-order chi connectivity index (χ1) is 15.2. The number of carbonyl (C=O) groups excluding carboxylic acids is 1. The topological polar surface area (TPSA) is 108 Å². The van der Waals surface area contributed by atoms with Crippen LogP contribution >= 0.6 is 0 Å². The van der Waals surface area contributed by atoms with Crippen LogP contribution in [0.4, 0.5) is 18.0 Å². The number of aromatic nitrogens is 4. The van der Waals surface area contributed by atoms with Gasteiger partial charge in [-0.15, -0.1) is 0 Å². The fourth-order valence-corrected chi connectivity index (χ4v) is 4.34. The van der Waals surface area contributed by atoms with E-state index in [-0.39, 0.29) is 18.1 Å². The second-order valence-electron chi connectivity index (χ2n) is 8.57. The number of fused-ring (bicyclic) bond motifs is 3. The van der Waals surface area contributed by atoms with Gasteiger partial charge in [-0.2, -0.15) is 13.2 Å². The summed E-state index contributed by atoms with van der Waals surface area (Å²) in [4.78, 5) is 27.9. The smallest absolute Gasteiger partial charge is 0.407 e. The fraction of sp³-hybridized carbons (Fsp3) is 0.571. The Morgan fingerprint density at radius 2 is 2.03 bits per heavy atom. The van der Waals surface area contributed by atoms with Crippen molar-refractivity contribution in [3.8, 4) is 0 Å². The number of carbonyl (C=O) groups is 1. The van der Waals surface area contributed by atoms with Gasteiger partial charge in [0, 0.05) is 17.6 Å². The molecule has 1 aliphatic carbocycles. The number of amides is 1. The lowest BCUT2D eigenvalue weighted by Crippen LogP contribution is -2.42. The van der Waals surface area contributed by atoms with Crippen molar-refractivity contribution in [1.82, 2.24) is 30.6 Å². The normalized spacial score (nSPS) is 20.7. The standard InChI is InChI=1S/C21H27F3N6O2/c1-11(2)32-20(31)30-16(12-3-5-13(6-4-12)27-10-21(22,23)24)19-28-15-9-26-18-14(7-8-25-18)17(15)29-19/h7-9,11-13,16,27H,3-6,10H2,1-2H3,(H,25,26)(H,28,29)(H,30,31).